The summed E-state index contributed by atoms with van der Waals surface area (Å²) in [4.78, 5) is 15.8. The van der Waals surface area contributed by atoms with E-state index >= 15 is 0 Å². The summed E-state index contributed by atoms with van der Waals surface area (Å²) in [6.45, 7) is 4.21. The van der Waals surface area contributed by atoms with E-state index in [4.69, 9.17) is 0 Å². The zero-order valence-electron chi connectivity index (χ0n) is 12.7. The van der Waals surface area contributed by atoms with Gasteiger partial charge in [-0.2, -0.15) is 5.10 Å². The third-order valence-corrected chi connectivity index (χ3v) is 3.47. The summed E-state index contributed by atoms with van der Waals surface area (Å²) in [5.41, 5.74) is 0.708. The first-order valence-electron chi connectivity index (χ1n) is 7.28. The first kappa shape index (κ1) is 16.0. The smallest absolute Gasteiger partial charge is 0.320 e. The molecule has 0 fully saturated rings. The predicted molar refractivity (Wildman–Crippen MR) is 83.4 cm³/mol. The SMILES string of the molecule is CCC(C)n1nccc1NC(=O)NCC(O)c1ccncc1. The summed E-state index contributed by atoms with van der Waals surface area (Å²) in [6, 6.07) is 4.99. The van der Waals surface area contributed by atoms with E-state index in [2.05, 4.69) is 27.6 Å². The van der Waals surface area contributed by atoms with E-state index < -0.39 is 6.10 Å². The number of anilines is 1. The maximum atomic E-state index is 11.9. The van der Waals surface area contributed by atoms with E-state index in [0.717, 1.165) is 6.42 Å². The van der Waals surface area contributed by atoms with Gasteiger partial charge in [-0.05, 0) is 31.0 Å². The average Bonchev–Trinajstić information content (AvgIpc) is 3.00. The number of aliphatic hydroxyl groups is 1. The number of nitrogens with one attached hydrogen (secondary N) is 2. The topological polar surface area (TPSA) is 92.1 Å². The molecule has 0 saturated heterocycles. The molecule has 2 amide bonds. The summed E-state index contributed by atoms with van der Waals surface area (Å²) in [5.74, 6) is 0.630. The summed E-state index contributed by atoms with van der Waals surface area (Å²) >= 11 is 0. The predicted octanol–water partition coefficient (Wildman–Crippen LogP) is 2.10. The molecule has 0 aliphatic carbocycles. The molecule has 0 saturated carbocycles. The van der Waals surface area contributed by atoms with Crippen molar-refractivity contribution >= 4 is 11.8 Å². The Kier molecular flexibility index (Phi) is 5.48. The number of urea groups is 1. The number of carbonyl (C=O) groups excluding carboxylic acids is 1. The first-order chi connectivity index (χ1) is 10.6. The molecule has 2 rings (SSSR count). The van der Waals surface area contributed by atoms with Crippen LogP contribution in [0, 0.1) is 0 Å². The lowest BCUT2D eigenvalue weighted by atomic mass is 10.1. The van der Waals surface area contributed by atoms with Crippen molar-refractivity contribution in [2.75, 3.05) is 11.9 Å². The van der Waals surface area contributed by atoms with Crippen molar-refractivity contribution in [1.82, 2.24) is 20.1 Å². The highest BCUT2D eigenvalue weighted by Gasteiger charge is 2.12. The number of aromatic nitrogens is 3. The van der Waals surface area contributed by atoms with E-state index in [0.29, 0.717) is 11.4 Å². The van der Waals surface area contributed by atoms with Crippen LogP contribution < -0.4 is 10.6 Å². The third kappa shape index (κ3) is 4.05. The standard InChI is InChI=1S/C15H21N5O2/c1-3-11(2)20-14(6-9-18-20)19-15(22)17-10-13(21)12-4-7-16-8-5-12/h4-9,11,13,21H,3,10H2,1-2H3,(H2,17,19,22). The van der Waals surface area contributed by atoms with Gasteiger partial charge in [0.05, 0.1) is 18.3 Å². The largest absolute Gasteiger partial charge is 0.387 e. The van der Waals surface area contributed by atoms with Crippen molar-refractivity contribution in [2.45, 2.75) is 32.4 Å². The average molecular weight is 303 g/mol. The fraction of sp³-hybridized carbons (Fsp3) is 0.400. The fourth-order valence-corrected chi connectivity index (χ4v) is 1.99. The van der Waals surface area contributed by atoms with Crippen LogP contribution in [0.15, 0.2) is 36.8 Å². The lowest BCUT2D eigenvalue weighted by Crippen LogP contribution is -2.33. The van der Waals surface area contributed by atoms with E-state index in [1.54, 1.807) is 41.5 Å². The van der Waals surface area contributed by atoms with Gasteiger partial charge in [0, 0.05) is 25.0 Å². The summed E-state index contributed by atoms with van der Waals surface area (Å²) in [5, 5.41) is 19.6. The number of hydrogen-bond donors (Lipinski definition) is 3. The third-order valence-electron chi connectivity index (χ3n) is 3.47. The van der Waals surface area contributed by atoms with Crippen molar-refractivity contribution in [2.24, 2.45) is 0 Å². The zero-order chi connectivity index (χ0) is 15.9. The second-order valence-corrected chi connectivity index (χ2v) is 5.05. The van der Waals surface area contributed by atoms with Gasteiger partial charge in [-0.25, -0.2) is 9.48 Å². The molecule has 2 unspecified atom stereocenters. The van der Waals surface area contributed by atoms with Crippen molar-refractivity contribution in [1.29, 1.82) is 0 Å². The van der Waals surface area contributed by atoms with Crippen molar-refractivity contribution in [3.8, 4) is 0 Å². The lowest BCUT2D eigenvalue weighted by molar-refractivity contribution is 0.175. The number of rotatable bonds is 6. The highest BCUT2D eigenvalue weighted by molar-refractivity contribution is 5.88. The van der Waals surface area contributed by atoms with Crippen molar-refractivity contribution in [3.63, 3.8) is 0 Å². The van der Waals surface area contributed by atoms with Gasteiger partial charge in [-0.15, -0.1) is 0 Å². The maximum absolute atomic E-state index is 11.9. The fourth-order valence-electron chi connectivity index (χ4n) is 1.99. The number of aliphatic hydroxyl groups excluding tert-OH is 1. The molecule has 0 aliphatic rings. The van der Waals surface area contributed by atoms with Gasteiger partial charge < -0.3 is 10.4 Å². The molecule has 0 radical (unpaired) electrons. The van der Waals surface area contributed by atoms with Crippen LogP contribution >= 0.6 is 0 Å². The highest BCUT2D eigenvalue weighted by atomic mass is 16.3. The Balaban J connectivity index is 1.87. The van der Waals surface area contributed by atoms with Gasteiger partial charge in [0.15, 0.2) is 0 Å². The second kappa shape index (κ2) is 7.56. The maximum Gasteiger partial charge on any atom is 0.320 e. The molecule has 2 aromatic heterocycles. The molecular formula is C15H21N5O2. The van der Waals surface area contributed by atoms with E-state index in [9.17, 15) is 9.90 Å². The van der Waals surface area contributed by atoms with Gasteiger partial charge in [-0.1, -0.05) is 6.92 Å². The minimum Gasteiger partial charge on any atom is -0.387 e. The Hall–Kier alpha value is -2.41. The van der Waals surface area contributed by atoms with Crippen LogP contribution in [0.5, 0.6) is 0 Å². The number of nitrogens with zero attached hydrogens (tertiary/aromatic N) is 3. The number of amides is 2. The Morgan fingerprint density at radius 1 is 1.32 bits per heavy atom. The van der Waals surface area contributed by atoms with Crippen LogP contribution in [0.2, 0.25) is 0 Å². The van der Waals surface area contributed by atoms with Crippen LogP contribution in [0.3, 0.4) is 0 Å². The molecule has 22 heavy (non-hydrogen) atoms. The Labute approximate surface area is 129 Å². The molecule has 118 valence electrons. The van der Waals surface area contributed by atoms with Crippen molar-refractivity contribution < 1.29 is 9.90 Å². The molecule has 2 heterocycles. The summed E-state index contributed by atoms with van der Waals surface area (Å²) < 4.78 is 1.76. The van der Waals surface area contributed by atoms with Crippen molar-refractivity contribution in [3.05, 3.63) is 42.4 Å². The quantitative estimate of drug-likeness (QED) is 0.762. The molecule has 3 N–H and O–H groups in total. The first-order valence-corrected chi connectivity index (χ1v) is 7.28. The van der Waals surface area contributed by atoms with Crippen LogP contribution in [0.1, 0.15) is 38.0 Å². The van der Waals surface area contributed by atoms with E-state index in [1.165, 1.54) is 0 Å². The molecule has 0 aliphatic heterocycles. The zero-order valence-corrected chi connectivity index (χ0v) is 12.7. The minimum absolute atomic E-state index is 0.118. The molecular weight excluding hydrogens is 282 g/mol. The van der Waals surface area contributed by atoms with Crippen LogP contribution in [-0.2, 0) is 0 Å². The Morgan fingerprint density at radius 2 is 2.05 bits per heavy atom. The molecule has 0 aromatic carbocycles. The highest BCUT2D eigenvalue weighted by Crippen LogP contribution is 2.16. The van der Waals surface area contributed by atoms with Crippen LogP contribution in [0.4, 0.5) is 10.6 Å². The molecule has 7 nitrogen and oxygen atoms in total. The molecule has 0 bridgehead atoms. The van der Waals surface area contributed by atoms with Gasteiger partial charge in [-0.3, -0.25) is 10.3 Å². The van der Waals surface area contributed by atoms with E-state index in [1.807, 2.05) is 6.92 Å². The molecule has 2 atom stereocenters. The van der Waals surface area contributed by atoms with Gasteiger partial charge in [0.2, 0.25) is 0 Å². The lowest BCUT2D eigenvalue weighted by Gasteiger charge is -2.16. The Morgan fingerprint density at radius 3 is 2.73 bits per heavy atom. The molecule has 0 spiro atoms. The normalized spacial score (nSPS) is 13.4. The van der Waals surface area contributed by atoms with Crippen LogP contribution in [-0.4, -0.2) is 32.4 Å². The minimum atomic E-state index is -0.770. The number of hydrogen-bond acceptors (Lipinski definition) is 4. The Bertz CT molecular complexity index is 599. The number of carbonyl (C=O) groups is 1. The monoisotopic (exact) mass is 303 g/mol. The summed E-state index contributed by atoms with van der Waals surface area (Å²) in [6.07, 6.45) is 4.99. The molecule has 7 heteroatoms. The summed E-state index contributed by atoms with van der Waals surface area (Å²) in [7, 11) is 0. The molecule has 2 aromatic rings. The van der Waals surface area contributed by atoms with E-state index in [-0.39, 0.29) is 18.6 Å². The number of pyridine rings is 1. The van der Waals surface area contributed by atoms with Gasteiger partial charge in [0.1, 0.15) is 5.82 Å². The van der Waals surface area contributed by atoms with Crippen LogP contribution in [0.25, 0.3) is 0 Å². The second-order valence-electron chi connectivity index (χ2n) is 5.05. The van der Waals surface area contributed by atoms with Gasteiger partial charge in [0.25, 0.3) is 0 Å². The van der Waals surface area contributed by atoms with Gasteiger partial charge >= 0.3 is 6.03 Å².